The Labute approximate surface area is 100 Å². The van der Waals surface area contributed by atoms with E-state index < -0.39 is 0 Å². The summed E-state index contributed by atoms with van der Waals surface area (Å²) in [5.41, 5.74) is 8.14. The van der Waals surface area contributed by atoms with Gasteiger partial charge >= 0.3 is 0 Å². The van der Waals surface area contributed by atoms with E-state index in [0.29, 0.717) is 4.83 Å². The van der Waals surface area contributed by atoms with Crippen molar-refractivity contribution in [3.05, 3.63) is 24.0 Å². The second-order valence-corrected chi connectivity index (χ2v) is 6.05. The van der Waals surface area contributed by atoms with Crippen LogP contribution < -0.4 is 5.73 Å². The quantitative estimate of drug-likeness (QED) is 0.856. The second-order valence-electron chi connectivity index (χ2n) is 4.95. The number of halogens is 1. The number of nitrogens with two attached hydrogens (primary N) is 1. The zero-order valence-electron chi connectivity index (χ0n) is 9.63. The highest BCUT2D eigenvalue weighted by molar-refractivity contribution is 9.09. The van der Waals surface area contributed by atoms with Crippen molar-refractivity contribution in [2.24, 2.45) is 5.41 Å². The number of nitrogen functional groups attached to an aromatic ring is 1. The molecule has 84 valence electrons. The van der Waals surface area contributed by atoms with Gasteiger partial charge in [-0.15, -0.1) is 0 Å². The maximum atomic E-state index is 5.86. The molecule has 1 aromatic rings. The van der Waals surface area contributed by atoms with Crippen LogP contribution in [0.3, 0.4) is 0 Å². The molecule has 0 bridgehead atoms. The van der Waals surface area contributed by atoms with Gasteiger partial charge in [-0.1, -0.05) is 36.7 Å². The van der Waals surface area contributed by atoms with Gasteiger partial charge in [-0.05, 0) is 29.9 Å². The molecule has 1 atom stereocenters. The molecule has 15 heavy (non-hydrogen) atoms. The lowest BCUT2D eigenvalue weighted by molar-refractivity contribution is 0.386. The van der Waals surface area contributed by atoms with Crippen LogP contribution in [0.15, 0.2) is 18.5 Å². The zero-order valence-corrected chi connectivity index (χ0v) is 11.2. The van der Waals surface area contributed by atoms with Gasteiger partial charge in [0.25, 0.3) is 0 Å². The smallest absolute Gasteiger partial charge is 0.0377 e. The predicted octanol–water partition coefficient (Wildman–Crippen LogP) is 3.41. The maximum absolute atomic E-state index is 5.86. The molecule has 0 radical (unpaired) electrons. The Bertz CT molecular complexity index is 318. The van der Waals surface area contributed by atoms with Crippen LogP contribution in [-0.2, 0) is 6.42 Å². The molecule has 0 fully saturated rings. The minimum Gasteiger partial charge on any atom is -0.398 e. The van der Waals surface area contributed by atoms with Crippen molar-refractivity contribution in [1.82, 2.24) is 4.98 Å². The molecule has 0 saturated heterocycles. The number of alkyl halides is 1. The highest BCUT2D eigenvalue weighted by atomic mass is 79.9. The van der Waals surface area contributed by atoms with Crippen LogP contribution in [0.25, 0.3) is 0 Å². The van der Waals surface area contributed by atoms with Gasteiger partial charge in [-0.25, -0.2) is 0 Å². The number of hydrogen-bond acceptors (Lipinski definition) is 2. The standard InChI is InChI=1S/C12H19BrN2/c1-12(2,3)11(13)5-4-9-8-15-7-6-10(9)14/h6-8,11H,4-5H2,1-3H3,(H2,14,15). The summed E-state index contributed by atoms with van der Waals surface area (Å²) in [4.78, 5) is 4.59. The lowest BCUT2D eigenvalue weighted by Gasteiger charge is -2.25. The Balaban J connectivity index is 2.55. The number of hydrogen-bond donors (Lipinski definition) is 1. The lowest BCUT2D eigenvalue weighted by Crippen LogP contribution is -2.20. The molecule has 0 spiro atoms. The van der Waals surface area contributed by atoms with Gasteiger partial charge in [-0.2, -0.15) is 0 Å². The number of pyridine rings is 1. The Morgan fingerprint density at radius 2 is 2.13 bits per heavy atom. The SMILES string of the molecule is CC(C)(C)C(Br)CCc1cnccc1N. The summed E-state index contributed by atoms with van der Waals surface area (Å²) in [7, 11) is 0. The third-order valence-electron chi connectivity index (χ3n) is 2.55. The Kier molecular flexibility index (Phi) is 4.14. The highest BCUT2D eigenvalue weighted by Crippen LogP contribution is 2.30. The van der Waals surface area contributed by atoms with E-state index in [1.54, 1.807) is 6.20 Å². The molecule has 1 heterocycles. The Hall–Kier alpha value is -0.570. The van der Waals surface area contributed by atoms with Crippen LogP contribution in [0.4, 0.5) is 5.69 Å². The van der Waals surface area contributed by atoms with Gasteiger partial charge in [0.15, 0.2) is 0 Å². The molecular weight excluding hydrogens is 252 g/mol. The molecule has 2 N–H and O–H groups in total. The Morgan fingerprint density at radius 1 is 1.47 bits per heavy atom. The van der Waals surface area contributed by atoms with E-state index >= 15 is 0 Å². The fourth-order valence-electron chi connectivity index (χ4n) is 1.36. The number of aryl methyl sites for hydroxylation is 1. The van der Waals surface area contributed by atoms with Crippen molar-refractivity contribution in [3.8, 4) is 0 Å². The summed E-state index contributed by atoms with van der Waals surface area (Å²) in [5.74, 6) is 0. The van der Waals surface area contributed by atoms with Crippen molar-refractivity contribution in [3.63, 3.8) is 0 Å². The zero-order chi connectivity index (χ0) is 11.5. The number of nitrogens with zero attached hydrogens (tertiary/aromatic N) is 1. The normalized spacial score (nSPS) is 13.9. The third-order valence-corrected chi connectivity index (χ3v) is 4.38. The van der Waals surface area contributed by atoms with E-state index in [9.17, 15) is 0 Å². The van der Waals surface area contributed by atoms with E-state index in [2.05, 4.69) is 41.7 Å². The van der Waals surface area contributed by atoms with Crippen LogP contribution in [0, 0.1) is 5.41 Å². The topological polar surface area (TPSA) is 38.9 Å². The summed E-state index contributed by atoms with van der Waals surface area (Å²) >= 11 is 3.72. The fourth-order valence-corrected chi connectivity index (χ4v) is 1.59. The average molecular weight is 271 g/mol. The van der Waals surface area contributed by atoms with Gasteiger partial charge in [-0.3, -0.25) is 4.98 Å². The molecule has 0 aliphatic heterocycles. The minimum atomic E-state index is 0.289. The van der Waals surface area contributed by atoms with Crippen molar-refractivity contribution >= 4 is 21.6 Å². The van der Waals surface area contributed by atoms with Gasteiger partial charge in [0.2, 0.25) is 0 Å². The summed E-state index contributed by atoms with van der Waals surface area (Å²) in [5, 5.41) is 0. The second kappa shape index (κ2) is 4.97. The number of anilines is 1. The van der Waals surface area contributed by atoms with Gasteiger partial charge in [0, 0.05) is 22.9 Å². The molecule has 0 aromatic carbocycles. The van der Waals surface area contributed by atoms with Crippen molar-refractivity contribution in [1.29, 1.82) is 0 Å². The van der Waals surface area contributed by atoms with E-state index in [1.807, 2.05) is 12.3 Å². The van der Waals surface area contributed by atoms with Crippen LogP contribution in [0.5, 0.6) is 0 Å². The molecule has 0 saturated carbocycles. The van der Waals surface area contributed by atoms with Crippen LogP contribution >= 0.6 is 15.9 Å². The molecule has 0 aliphatic carbocycles. The highest BCUT2D eigenvalue weighted by Gasteiger charge is 2.21. The summed E-state index contributed by atoms with van der Waals surface area (Å²) in [6, 6.07) is 1.86. The van der Waals surface area contributed by atoms with Crippen molar-refractivity contribution in [2.75, 3.05) is 5.73 Å². The molecular formula is C12H19BrN2. The first-order valence-electron chi connectivity index (χ1n) is 5.23. The summed E-state index contributed by atoms with van der Waals surface area (Å²) < 4.78 is 0. The van der Waals surface area contributed by atoms with Gasteiger partial charge in [0.1, 0.15) is 0 Å². The molecule has 1 rings (SSSR count). The van der Waals surface area contributed by atoms with Crippen molar-refractivity contribution < 1.29 is 0 Å². The molecule has 0 aliphatic rings. The maximum Gasteiger partial charge on any atom is 0.0377 e. The minimum absolute atomic E-state index is 0.289. The van der Waals surface area contributed by atoms with E-state index in [-0.39, 0.29) is 5.41 Å². The third kappa shape index (κ3) is 3.82. The van der Waals surface area contributed by atoms with E-state index in [4.69, 9.17) is 5.73 Å². The molecule has 1 aromatic heterocycles. The summed E-state index contributed by atoms with van der Waals surface area (Å²) in [6.07, 6.45) is 5.65. The Morgan fingerprint density at radius 3 is 2.67 bits per heavy atom. The average Bonchev–Trinajstić information content (AvgIpc) is 2.14. The monoisotopic (exact) mass is 270 g/mol. The molecule has 3 heteroatoms. The number of rotatable bonds is 3. The van der Waals surface area contributed by atoms with Crippen molar-refractivity contribution in [2.45, 2.75) is 38.4 Å². The van der Waals surface area contributed by atoms with E-state index in [0.717, 1.165) is 24.1 Å². The molecule has 2 nitrogen and oxygen atoms in total. The molecule has 1 unspecified atom stereocenters. The first-order valence-corrected chi connectivity index (χ1v) is 6.15. The lowest BCUT2D eigenvalue weighted by atomic mass is 9.89. The summed E-state index contributed by atoms with van der Waals surface area (Å²) in [6.45, 7) is 6.71. The fraction of sp³-hybridized carbons (Fsp3) is 0.583. The first kappa shape index (κ1) is 12.5. The van der Waals surface area contributed by atoms with Crippen LogP contribution in [-0.4, -0.2) is 9.81 Å². The number of aromatic nitrogens is 1. The van der Waals surface area contributed by atoms with Gasteiger partial charge in [0.05, 0.1) is 0 Å². The largest absolute Gasteiger partial charge is 0.398 e. The molecule has 0 amide bonds. The van der Waals surface area contributed by atoms with Gasteiger partial charge < -0.3 is 5.73 Å². The van der Waals surface area contributed by atoms with E-state index in [1.165, 1.54) is 0 Å². The van der Waals surface area contributed by atoms with Crippen LogP contribution in [0.2, 0.25) is 0 Å². The first-order chi connectivity index (χ1) is 6.91. The van der Waals surface area contributed by atoms with Crippen LogP contribution in [0.1, 0.15) is 32.8 Å². The predicted molar refractivity (Wildman–Crippen MR) is 69.1 cm³/mol.